The first-order valence-electron chi connectivity index (χ1n) is 5.25. The van der Waals surface area contributed by atoms with Gasteiger partial charge in [0, 0.05) is 46.1 Å². The average Bonchev–Trinajstić information content (AvgIpc) is 2.29. The van der Waals surface area contributed by atoms with E-state index in [1.807, 2.05) is 18.3 Å². The Hall–Kier alpha value is -1.62. The predicted molar refractivity (Wildman–Crippen MR) is 63.0 cm³/mol. The van der Waals surface area contributed by atoms with Gasteiger partial charge >= 0.3 is 6.03 Å². The molecule has 2 N–H and O–H groups in total. The third kappa shape index (κ3) is 4.75. The lowest BCUT2D eigenvalue weighted by Crippen LogP contribution is -2.38. The number of hydrogen-bond acceptors (Lipinski definition) is 3. The Kier molecular flexibility index (Phi) is 5.28. The highest BCUT2D eigenvalue weighted by molar-refractivity contribution is 5.73. The minimum Gasteiger partial charge on any atom is -0.337 e. The number of nitrogens with one attached hydrogen (secondary N) is 2. The summed E-state index contributed by atoms with van der Waals surface area (Å²) in [6, 6.07) is 3.85. The molecule has 0 unspecified atom stereocenters. The molecule has 1 aromatic heterocycles. The summed E-state index contributed by atoms with van der Waals surface area (Å²) < 4.78 is 0. The molecule has 1 heterocycles. The molecule has 0 atom stereocenters. The van der Waals surface area contributed by atoms with Crippen molar-refractivity contribution >= 4 is 6.03 Å². The summed E-state index contributed by atoms with van der Waals surface area (Å²) in [7, 11) is 3.44. The zero-order valence-corrected chi connectivity index (χ0v) is 9.73. The molecule has 1 rings (SSSR count). The van der Waals surface area contributed by atoms with Gasteiger partial charge in [-0.05, 0) is 11.6 Å². The normalized spacial score (nSPS) is 9.88. The average molecular weight is 222 g/mol. The Morgan fingerprint density at radius 3 is 2.88 bits per heavy atom. The number of nitrogens with zero attached hydrogens (tertiary/aromatic N) is 2. The SMILES string of the molecule is CN(C)C(=O)NCCNCc1cccnc1. The zero-order chi connectivity index (χ0) is 11.8. The highest BCUT2D eigenvalue weighted by Crippen LogP contribution is 1.93. The largest absolute Gasteiger partial charge is 0.337 e. The second-order valence-corrected chi connectivity index (χ2v) is 3.66. The first kappa shape index (κ1) is 12.4. The van der Waals surface area contributed by atoms with Gasteiger partial charge < -0.3 is 15.5 Å². The van der Waals surface area contributed by atoms with Crippen LogP contribution in [0.25, 0.3) is 0 Å². The van der Waals surface area contributed by atoms with Gasteiger partial charge in [-0.2, -0.15) is 0 Å². The molecule has 2 amide bonds. The van der Waals surface area contributed by atoms with Crippen LogP contribution in [-0.2, 0) is 6.54 Å². The molecule has 16 heavy (non-hydrogen) atoms. The molecule has 0 aliphatic heterocycles. The van der Waals surface area contributed by atoms with E-state index in [9.17, 15) is 4.79 Å². The van der Waals surface area contributed by atoms with Crippen molar-refractivity contribution in [1.82, 2.24) is 20.5 Å². The van der Waals surface area contributed by atoms with Crippen LogP contribution in [-0.4, -0.2) is 43.1 Å². The molecule has 0 aromatic carbocycles. The van der Waals surface area contributed by atoms with Crippen LogP contribution >= 0.6 is 0 Å². The van der Waals surface area contributed by atoms with Crippen molar-refractivity contribution in [3.05, 3.63) is 30.1 Å². The van der Waals surface area contributed by atoms with Gasteiger partial charge in [0.05, 0.1) is 0 Å². The molecule has 5 nitrogen and oxygen atoms in total. The molecule has 0 bridgehead atoms. The molecule has 0 spiro atoms. The van der Waals surface area contributed by atoms with Gasteiger partial charge in [0.25, 0.3) is 0 Å². The standard InChI is InChI=1S/C11H18N4O/c1-15(2)11(16)14-7-6-13-9-10-4-3-5-12-8-10/h3-5,8,13H,6-7,9H2,1-2H3,(H,14,16). The van der Waals surface area contributed by atoms with Gasteiger partial charge in [-0.1, -0.05) is 6.07 Å². The maximum Gasteiger partial charge on any atom is 0.316 e. The fourth-order valence-corrected chi connectivity index (χ4v) is 1.15. The monoisotopic (exact) mass is 222 g/mol. The molecule has 1 aromatic rings. The number of pyridine rings is 1. The van der Waals surface area contributed by atoms with Gasteiger partial charge in [-0.3, -0.25) is 4.98 Å². The van der Waals surface area contributed by atoms with E-state index in [0.717, 1.165) is 18.7 Å². The Morgan fingerprint density at radius 1 is 1.44 bits per heavy atom. The molecule has 0 aliphatic rings. The quantitative estimate of drug-likeness (QED) is 0.711. The van der Waals surface area contributed by atoms with E-state index in [1.165, 1.54) is 4.90 Å². The van der Waals surface area contributed by atoms with E-state index in [0.29, 0.717) is 6.54 Å². The predicted octanol–water partition coefficient (Wildman–Crippen LogP) is 0.442. The van der Waals surface area contributed by atoms with Gasteiger partial charge in [0.15, 0.2) is 0 Å². The van der Waals surface area contributed by atoms with E-state index >= 15 is 0 Å². The van der Waals surface area contributed by atoms with Crippen molar-refractivity contribution in [1.29, 1.82) is 0 Å². The summed E-state index contributed by atoms with van der Waals surface area (Å²) >= 11 is 0. The Bertz CT molecular complexity index is 313. The van der Waals surface area contributed by atoms with E-state index < -0.39 is 0 Å². The molecule has 88 valence electrons. The Morgan fingerprint density at radius 2 is 2.25 bits per heavy atom. The summed E-state index contributed by atoms with van der Waals surface area (Å²) in [5, 5.41) is 6.00. The van der Waals surface area contributed by atoms with Crippen LogP contribution in [0.2, 0.25) is 0 Å². The van der Waals surface area contributed by atoms with Crippen LogP contribution in [0.3, 0.4) is 0 Å². The van der Waals surface area contributed by atoms with E-state index in [2.05, 4.69) is 15.6 Å². The molecular weight excluding hydrogens is 204 g/mol. The number of amides is 2. The smallest absolute Gasteiger partial charge is 0.316 e. The van der Waals surface area contributed by atoms with Crippen LogP contribution < -0.4 is 10.6 Å². The van der Waals surface area contributed by atoms with Crippen LogP contribution in [0.4, 0.5) is 4.79 Å². The van der Waals surface area contributed by atoms with Gasteiger partial charge in [-0.25, -0.2) is 4.79 Å². The highest BCUT2D eigenvalue weighted by Gasteiger charge is 2.00. The second kappa shape index (κ2) is 6.79. The molecule has 5 heteroatoms. The van der Waals surface area contributed by atoms with Crippen molar-refractivity contribution < 1.29 is 4.79 Å². The summed E-state index contributed by atoms with van der Waals surface area (Å²) in [6.07, 6.45) is 3.58. The van der Waals surface area contributed by atoms with Gasteiger partial charge in [0.1, 0.15) is 0 Å². The Balaban J connectivity index is 2.07. The number of carbonyl (C=O) groups is 1. The zero-order valence-electron chi connectivity index (χ0n) is 9.73. The molecule has 0 saturated heterocycles. The number of hydrogen-bond donors (Lipinski definition) is 2. The number of aromatic nitrogens is 1. The maximum absolute atomic E-state index is 11.2. The summed E-state index contributed by atoms with van der Waals surface area (Å²) in [5.41, 5.74) is 1.14. The second-order valence-electron chi connectivity index (χ2n) is 3.66. The van der Waals surface area contributed by atoms with Crippen LogP contribution in [0.5, 0.6) is 0 Å². The maximum atomic E-state index is 11.2. The van der Waals surface area contributed by atoms with Crippen molar-refractivity contribution in [2.45, 2.75) is 6.54 Å². The molecule has 0 radical (unpaired) electrons. The van der Waals surface area contributed by atoms with Gasteiger partial charge in [0.2, 0.25) is 0 Å². The number of urea groups is 1. The fraction of sp³-hybridized carbons (Fsp3) is 0.455. The first-order valence-corrected chi connectivity index (χ1v) is 5.25. The lowest BCUT2D eigenvalue weighted by molar-refractivity contribution is 0.217. The van der Waals surface area contributed by atoms with Crippen molar-refractivity contribution in [2.75, 3.05) is 27.2 Å². The molecule has 0 saturated carbocycles. The number of carbonyl (C=O) groups excluding carboxylic acids is 1. The minimum absolute atomic E-state index is 0.0665. The third-order valence-electron chi connectivity index (χ3n) is 2.04. The first-order chi connectivity index (χ1) is 7.70. The highest BCUT2D eigenvalue weighted by atomic mass is 16.2. The Labute approximate surface area is 95.9 Å². The third-order valence-corrected chi connectivity index (χ3v) is 2.04. The number of rotatable bonds is 5. The van der Waals surface area contributed by atoms with E-state index in [4.69, 9.17) is 0 Å². The topological polar surface area (TPSA) is 57.3 Å². The van der Waals surface area contributed by atoms with E-state index in [1.54, 1.807) is 20.3 Å². The van der Waals surface area contributed by atoms with Crippen LogP contribution in [0, 0.1) is 0 Å². The molecular formula is C11H18N4O. The minimum atomic E-state index is -0.0665. The molecule has 0 fully saturated rings. The van der Waals surface area contributed by atoms with Crippen LogP contribution in [0.1, 0.15) is 5.56 Å². The summed E-state index contributed by atoms with van der Waals surface area (Å²) in [5.74, 6) is 0. The summed E-state index contributed by atoms with van der Waals surface area (Å²) in [6.45, 7) is 2.14. The van der Waals surface area contributed by atoms with E-state index in [-0.39, 0.29) is 6.03 Å². The fourth-order valence-electron chi connectivity index (χ4n) is 1.15. The van der Waals surface area contributed by atoms with Crippen molar-refractivity contribution in [3.63, 3.8) is 0 Å². The molecule has 0 aliphatic carbocycles. The van der Waals surface area contributed by atoms with Crippen LogP contribution in [0.15, 0.2) is 24.5 Å². The lowest BCUT2D eigenvalue weighted by atomic mass is 10.3. The van der Waals surface area contributed by atoms with Gasteiger partial charge in [-0.15, -0.1) is 0 Å². The summed E-state index contributed by atoms with van der Waals surface area (Å²) in [4.78, 5) is 16.7. The lowest BCUT2D eigenvalue weighted by Gasteiger charge is -2.12. The van der Waals surface area contributed by atoms with Crippen molar-refractivity contribution in [2.24, 2.45) is 0 Å². The van der Waals surface area contributed by atoms with Crippen molar-refractivity contribution in [3.8, 4) is 0 Å².